The van der Waals surface area contributed by atoms with Gasteiger partial charge >= 0.3 is 0 Å². The first-order valence-electron chi connectivity index (χ1n) is 7.28. The number of halogens is 3. The van der Waals surface area contributed by atoms with Gasteiger partial charge in [0, 0.05) is 21.5 Å². The van der Waals surface area contributed by atoms with Crippen molar-refractivity contribution >= 4 is 50.1 Å². The van der Waals surface area contributed by atoms with Crippen LogP contribution in [0.5, 0.6) is 0 Å². The predicted molar refractivity (Wildman–Crippen MR) is 92.3 cm³/mol. The topological polar surface area (TPSA) is 25.2 Å². The molecule has 0 aliphatic heterocycles. The maximum atomic E-state index is 6.49. The van der Waals surface area contributed by atoms with E-state index in [9.17, 15) is 0 Å². The molecule has 2 aromatic rings. The Labute approximate surface area is 143 Å². The molecule has 1 aromatic heterocycles. The van der Waals surface area contributed by atoms with Gasteiger partial charge in [0.1, 0.15) is 5.76 Å². The Bertz CT molecular complexity index is 677. The van der Waals surface area contributed by atoms with Crippen molar-refractivity contribution in [2.75, 3.05) is 0 Å². The molecule has 0 atom stereocenters. The molecule has 0 unspecified atom stereocenters. The van der Waals surface area contributed by atoms with Crippen LogP contribution in [0.15, 0.2) is 15.0 Å². The van der Waals surface area contributed by atoms with E-state index in [-0.39, 0.29) is 0 Å². The van der Waals surface area contributed by atoms with E-state index in [4.69, 9.17) is 27.6 Å². The van der Waals surface area contributed by atoms with Gasteiger partial charge in [0.2, 0.25) is 0 Å². The minimum Gasteiger partial charge on any atom is -0.458 e. The van der Waals surface area contributed by atoms with Crippen molar-refractivity contribution in [2.45, 2.75) is 45.7 Å². The van der Waals surface area contributed by atoms with Crippen LogP contribution in [0.3, 0.4) is 0 Å². The van der Waals surface area contributed by atoms with Crippen LogP contribution in [0.25, 0.3) is 11.0 Å². The van der Waals surface area contributed by atoms with Crippen LogP contribution in [-0.2, 0) is 13.0 Å². The van der Waals surface area contributed by atoms with Crippen LogP contribution >= 0.6 is 39.1 Å². The highest BCUT2D eigenvalue weighted by molar-refractivity contribution is 9.10. The van der Waals surface area contributed by atoms with Crippen molar-refractivity contribution in [2.24, 2.45) is 5.92 Å². The third kappa shape index (κ3) is 3.26. The lowest BCUT2D eigenvalue weighted by molar-refractivity contribution is 0.500. The van der Waals surface area contributed by atoms with Gasteiger partial charge in [-0.25, -0.2) is 0 Å². The summed E-state index contributed by atoms with van der Waals surface area (Å²) in [5.41, 5.74) is 1.88. The van der Waals surface area contributed by atoms with Gasteiger partial charge in [-0.3, -0.25) is 0 Å². The van der Waals surface area contributed by atoms with E-state index in [1.54, 1.807) is 6.07 Å². The van der Waals surface area contributed by atoms with Crippen LogP contribution in [-0.4, -0.2) is 6.04 Å². The number of hydrogen-bond donors (Lipinski definition) is 1. The molecular weight excluding hydrogens is 373 g/mol. The maximum absolute atomic E-state index is 6.49. The van der Waals surface area contributed by atoms with Crippen molar-refractivity contribution in [1.29, 1.82) is 0 Å². The second kappa shape index (κ2) is 6.11. The first-order chi connectivity index (χ1) is 9.97. The van der Waals surface area contributed by atoms with E-state index in [2.05, 4.69) is 35.1 Å². The Balaban J connectivity index is 2.11. The minimum absolute atomic E-state index is 0.527. The van der Waals surface area contributed by atoms with Crippen molar-refractivity contribution in [3.63, 3.8) is 0 Å². The Morgan fingerprint density at radius 3 is 2.71 bits per heavy atom. The summed E-state index contributed by atoms with van der Waals surface area (Å²) in [6.07, 6.45) is 3.45. The fourth-order valence-corrected chi connectivity index (χ4v) is 3.62. The van der Waals surface area contributed by atoms with Crippen LogP contribution < -0.4 is 5.32 Å². The molecular formula is C16H18BrCl2NO. The lowest BCUT2D eigenvalue weighted by Crippen LogP contribution is -2.16. The molecule has 21 heavy (non-hydrogen) atoms. The monoisotopic (exact) mass is 389 g/mol. The molecule has 1 heterocycles. The van der Waals surface area contributed by atoms with Crippen LogP contribution in [0.2, 0.25) is 10.0 Å². The van der Waals surface area contributed by atoms with Gasteiger partial charge in [0.25, 0.3) is 0 Å². The molecule has 1 aliphatic rings. The molecule has 1 fully saturated rings. The van der Waals surface area contributed by atoms with Gasteiger partial charge in [-0.1, -0.05) is 37.0 Å². The van der Waals surface area contributed by atoms with Gasteiger partial charge in [-0.2, -0.15) is 0 Å². The molecule has 0 bridgehead atoms. The largest absolute Gasteiger partial charge is 0.458 e. The number of furan rings is 1. The summed E-state index contributed by atoms with van der Waals surface area (Å²) >= 11 is 16.3. The molecule has 1 aromatic carbocycles. The third-order valence-corrected chi connectivity index (χ3v) is 5.26. The van der Waals surface area contributed by atoms with Gasteiger partial charge in [-0.15, -0.1) is 0 Å². The fourth-order valence-electron chi connectivity index (χ4n) is 2.56. The number of hydrogen-bond acceptors (Lipinski definition) is 2. The lowest BCUT2D eigenvalue weighted by atomic mass is 9.99. The first kappa shape index (κ1) is 15.7. The molecule has 2 nitrogen and oxygen atoms in total. The Hall–Kier alpha value is -0.220. The number of benzene rings is 1. The highest BCUT2D eigenvalue weighted by atomic mass is 79.9. The van der Waals surface area contributed by atoms with Crippen molar-refractivity contribution < 1.29 is 4.42 Å². The normalized spacial score (nSPS) is 15.3. The van der Waals surface area contributed by atoms with Gasteiger partial charge < -0.3 is 9.73 Å². The Morgan fingerprint density at radius 1 is 1.38 bits per heavy atom. The summed E-state index contributed by atoms with van der Waals surface area (Å²) in [4.78, 5) is 0. The first-order valence-corrected chi connectivity index (χ1v) is 8.83. The lowest BCUT2D eigenvalue weighted by Gasteiger charge is -2.08. The molecule has 0 radical (unpaired) electrons. The number of rotatable bonds is 5. The maximum Gasteiger partial charge on any atom is 0.154 e. The van der Waals surface area contributed by atoms with Crippen LogP contribution in [0.4, 0.5) is 0 Å². The summed E-state index contributed by atoms with van der Waals surface area (Å²) in [5, 5.41) is 5.75. The molecule has 1 aliphatic carbocycles. The summed E-state index contributed by atoms with van der Waals surface area (Å²) in [6, 6.07) is 2.44. The highest BCUT2D eigenvalue weighted by Crippen LogP contribution is 2.41. The van der Waals surface area contributed by atoms with E-state index >= 15 is 0 Å². The van der Waals surface area contributed by atoms with Gasteiger partial charge in [0.05, 0.1) is 16.6 Å². The second-order valence-electron chi connectivity index (χ2n) is 6.12. The fraction of sp³-hybridized carbons (Fsp3) is 0.500. The summed E-state index contributed by atoms with van der Waals surface area (Å²) in [7, 11) is 0. The van der Waals surface area contributed by atoms with Crippen molar-refractivity contribution in [3.05, 3.63) is 31.9 Å². The van der Waals surface area contributed by atoms with Crippen LogP contribution in [0, 0.1) is 5.92 Å². The van der Waals surface area contributed by atoms with E-state index in [1.807, 2.05) is 0 Å². The average Bonchev–Trinajstić information content (AvgIpc) is 3.16. The molecule has 5 heteroatoms. The molecule has 0 amide bonds. The Morgan fingerprint density at radius 2 is 2.10 bits per heavy atom. The van der Waals surface area contributed by atoms with Gasteiger partial charge in [-0.05, 0) is 47.2 Å². The molecule has 1 N–H and O–H groups in total. The quantitative estimate of drug-likeness (QED) is 0.637. The minimum atomic E-state index is 0.527. The molecule has 1 saturated carbocycles. The van der Waals surface area contributed by atoms with E-state index < -0.39 is 0 Å². The zero-order chi connectivity index (χ0) is 15.1. The zero-order valence-corrected chi connectivity index (χ0v) is 15.2. The van der Waals surface area contributed by atoms with E-state index in [0.717, 1.165) is 28.6 Å². The second-order valence-corrected chi connectivity index (χ2v) is 7.75. The van der Waals surface area contributed by atoms with E-state index in [1.165, 1.54) is 18.4 Å². The molecule has 0 saturated heterocycles. The predicted octanol–water partition coefficient (Wildman–Crippen LogP) is 5.95. The molecule has 3 rings (SSSR count). The third-order valence-electron chi connectivity index (χ3n) is 3.73. The van der Waals surface area contributed by atoms with Gasteiger partial charge in [0.15, 0.2) is 5.58 Å². The van der Waals surface area contributed by atoms with Crippen molar-refractivity contribution in [3.8, 4) is 0 Å². The van der Waals surface area contributed by atoms with Crippen LogP contribution in [0.1, 0.15) is 38.0 Å². The zero-order valence-electron chi connectivity index (χ0n) is 12.1. The average molecular weight is 391 g/mol. The summed E-state index contributed by atoms with van der Waals surface area (Å²) in [6.45, 7) is 5.14. The van der Waals surface area contributed by atoms with Crippen molar-refractivity contribution in [1.82, 2.24) is 5.32 Å². The Kier molecular flexibility index (Phi) is 4.56. The molecule has 114 valence electrons. The smallest absolute Gasteiger partial charge is 0.154 e. The summed E-state index contributed by atoms with van der Waals surface area (Å²) in [5.74, 6) is 1.49. The standard InChI is InChI=1S/C16H18BrCl2NO/c1-8(2)5-10-13(7-20-9-3-4-9)21-16-12(18)6-11(17)15(19)14(10)16/h6,8-9,20H,3-5,7H2,1-2H3. The molecule has 0 spiro atoms. The number of nitrogens with one attached hydrogen (secondary N) is 1. The number of fused-ring (bicyclic) bond motifs is 1. The highest BCUT2D eigenvalue weighted by Gasteiger charge is 2.24. The van der Waals surface area contributed by atoms with E-state index in [0.29, 0.717) is 27.6 Å². The SMILES string of the molecule is CC(C)Cc1c(CNC2CC2)oc2c(Cl)cc(Br)c(Cl)c12. The summed E-state index contributed by atoms with van der Waals surface area (Å²) < 4.78 is 6.86.